The van der Waals surface area contributed by atoms with E-state index in [9.17, 15) is 4.79 Å². The van der Waals surface area contributed by atoms with Gasteiger partial charge in [-0.1, -0.05) is 29.8 Å². The monoisotopic (exact) mass is 377 g/mol. The maximum Gasteiger partial charge on any atom is 0.505 e. The molecule has 0 spiro atoms. The smallest absolute Gasteiger partial charge is 0.399 e. The summed E-state index contributed by atoms with van der Waals surface area (Å²) in [6, 6.07) is 11.1. The molecule has 1 aliphatic heterocycles. The van der Waals surface area contributed by atoms with Crippen molar-refractivity contribution in [2.24, 2.45) is 0 Å². The van der Waals surface area contributed by atoms with Gasteiger partial charge in [-0.05, 0) is 51.5 Å². The predicted octanol–water partition coefficient (Wildman–Crippen LogP) is 3.63. The molecular weight excluding hydrogens is 357 g/mol. The van der Waals surface area contributed by atoms with Gasteiger partial charge in [-0.3, -0.25) is 4.79 Å². The van der Waals surface area contributed by atoms with E-state index in [0.29, 0.717) is 16.4 Å². The highest BCUT2D eigenvalue weighted by Gasteiger charge is 2.52. The van der Waals surface area contributed by atoms with Crippen LogP contribution < -0.4 is 10.1 Å². The van der Waals surface area contributed by atoms with Crippen molar-refractivity contribution in [3.8, 4) is 0 Å². The van der Waals surface area contributed by atoms with Crippen LogP contribution in [0.25, 0.3) is 0 Å². The average Bonchev–Trinajstić information content (AvgIpc) is 3.08. The molecule has 1 aromatic carbocycles. The Balaban J connectivity index is 1.64. The van der Waals surface area contributed by atoms with Gasteiger partial charge in [0.2, 0.25) is 0 Å². The SMILES string of the molecule is CC1(C)OB(c2ccc(C(=O)NCc3cccc(Cl)c3)s2)OC1(C)C. The van der Waals surface area contributed by atoms with Crippen LogP contribution in [0.3, 0.4) is 0 Å². The summed E-state index contributed by atoms with van der Waals surface area (Å²) in [5.74, 6) is -0.118. The maximum absolute atomic E-state index is 12.4. The summed E-state index contributed by atoms with van der Waals surface area (Å²) in [4.78, 5) is 13.0. The van der Waals surface area contributed by atoms with Gasteiger partial charge in [0.15, 0.2) is 0 Å². The summed E-state index contributed by atoms with van der Waals surface area (Å²) in [7, 11) is -0.440. The summed E-state index contributed by atoms with van der Waals surface area (Å²) in [6.45, 7) is 8.49. The number of hydrogen-bond donors (Lipinski definition) is 1. The van der Waals surface area contributed by atoms with Crippen molar-refractivity contribution in [2.75, 3.05) is 0 Å². The Morgan fingerprint density at radius 3 is 2.48 bits per heavy atom. The molecule has 1 amide bonds. The van der Waals surface area contributed by atoms with Crippen molar-refractivity contribution in [3.05, 3.63) is 51.9 Å². The minimum atomic E-state index is -0.440. The standard InChI is InChI=1S/C18H21BClNO3S/c1-17(2)18(3,4)24-19(23-17)15-9-8-14(25-15)16(22)21-11-12-6-5-7-13(20)10-12/h5-10H,11H2,1-4H3,(H,21,22). The third-order valence-electron chi connectivity index (χ3n) is 4.68. The van der Waals surface area contributed by atoms with Gasteiger partial charge < -0.3 is 14.6 Å². The van der Waals surface area contributed by atoms with Crippen molar-refractivity contribution in [1.29, 1.82) is 0 Å². The van der Waals surface area contributed by atoms with Crippen molar-refractivity contribution in [2.45, 2.75) is 45.4 Å². The second-order valence-corrected chi connectivity index (χ2v) is 8.65. The number of benzene rings is 1. The van der Waals surface area contributed by atoms with Crippen LogP contribution in [0.4, 0.5) is 0 Å². The third kappa shape index (κ3) is 3.92. The lowest BCUT2D eigenvalue weighted by atomic mass is 9.88. The van der Waals surface area contributed by atoms with E-state index in [1.807, 2.05) is 58.0 Å². The predicted molar refractivity (Wildman–Crippen MR) is 103 cm³/mol. The second kappa shape index (κ2) is 6.76. The van der Waals surface area contributed by atoms with E-state index in [-0.39, 0.29) is 5.91 Å². The fraction of sp³-hybridized carbons (Fsp3) is 0.389. The van der Waals surface area contributed by atoms with E-state index in [1.54, 1.807) is 6.07 Å². The molecule has 1 aliphatic rings. The van der Waals surface area contributed by atoms with E-state index in [2.05, 4.69) is 5.32 Å². The van der Waals surface area contributed by atoms with Crippen molar-refractivity contribution in [1.82, 2.24) is 5.32 Å². The molecule has 4 nitrogen and oxygen atoms in total. The zero-order valence-electron chi connectivity index (χ0n) is 14.8. The summed E-state index contributed by atoms with van der Waals surface area (Å²) in [5.41, 5.74) is 0.177. The normalized spacial score (nSPS) is 18.4. The molecule has 2 aromatic rings. The molecule has 1 saturated heterocycles. The van der Waals surface area contributed by atoms with Gasteiger partial charge in [-0.15, -0.1) is 11.3 Å². The quantitative estimate of drug-likeness (QED) is 0.828. The summed E-state index contributed by atoms with van der Waals surface area (Å²) < 4.78 is 12.9. The van der Waals surface area contributed by atoms with Crippen LogP contribution in [0.15, 0.2) is 36.4 Å². The van der Waals surface area contributed by atoms with Crippen molar-refractivity contribution >= 4 is 40.7 Å². The van der Waals surface area contributed by atoms with Crippen molar-refractivity contribution < 1.29 is 14.1 Å². The molecule has 0 bridgehead atoms. The summed E-state index contributed by atoms with van der Waals surface area (Å²) in [6.07, 6.45) is 0. The Morgan fingerprint density at radius 2 is 1.84 bits per heavy atom. The molecule has 0 unspecified atom stereocenters. The first kappa shape index (κ1) is 18.5. The topological polar surface area (TPSA) is 47.6 Å². The zero-order chi connectivity index (χ0) is 18.2. The van der Waals surface area contributed by atoms with Crippen molar-refractivity contribution in [3.63, 3.8) is 0 Å². The Morgan fingerprint density at radius 1 is 1.16 bits per heavy atom. The summed E-state index contributed by atoms with van der Waals surface area (Å²) >= 11 is 7.35. The number of hydrogen-bond acceptors (Lipinski definition) is 4. The lowest BCUT2D eigenvalue weighted by Gasteiger charge is -2.32. The van der Waals surface area contributed by atoms with Gasteiger partial charge in [-0.2, -0.15) is 0 Å². The molecule has 132 valence electrons. The zero-order valence-corrected chi connectivity index (χ0v) is 16.3. The first-order valence-corrected chi connectivity index (χ1v) is 9.35. The van der Waals surface area contributed by atoms with Gasteiger partial charge >= 0.3 is 7.12 Å². The molecule has 7 heteroatoms. The fourth-order valence-corrected chi connectivity index (χ4v) is 3.57. The molecule has 1 N–H and O–H groups in total. The van der Waals surface area contributed by atoms with Crippen LogP contribution in [-0.2, 0) is 15.9 Å². The number of nitrogens with one attached hydrogen (secondary N) is 1. The van der Waals surface area contributed by atoms with E-state index < -0.39 is 18.3 Å². The average molecular weight is 378 g/mol. The Bertz CT molecular complexity index is 774. The fourth-order valence-electron chi connectivity index (χ4n) is 2.48. The molecule has 1 fully saturated rings. The lowest BCUT2D eigenvalue weighted by molar-refractivity contribution is 0.00578. The van der Waals surface area contributed by atoms with Gasteiger partial charge in [0.1, 0.15) is 0 Å². The Hall–Kier alpha value is -1.34. The van der Waals surface area contributed by atoms with Crippen LogP contribution >= 0.6 is 22.9 Å². The van der Waals surface area contributed by atoms with Crippen LogP contribution in [0.1, 0.15) is 42.9 Å². The second-order valence-electron chi connectivity index (χ2n) is 7.10. The third-order valence-corrected chi connectivity index (χ3v) is 6.02. The number of carbonyl (C=O) groups excluding carboxylic acids is 1. The van der Waals surface area contributed by atoms with Gasteiger partial charge in [-0.25, -0.2) is 0 Å². The molecule has 2 heterocycles. The van der Waals surface area contributed by atoms with Gasteiger partial charge in [0.05, 0.1) is 16.1 Å². The van der Waals surface area contributed by atoms with E-state index >= 15 is 0 Å². The number of thiophene rings is 1. The molecule has 0 aliphatic carbocycles. The molecule has 0 saturated carbocycles. The molecule has 25 heavy (non-hydrogen) atoms. The largest absolute Gasteiger partial charge is 0.505 e. The Labute approximate surface area is 157 Å². The molecule has 0 atom stereocenters. The highest BCUT2D eigenvalue weighted by molar-refractivity contribution is 7.23. The summed E-state index contributed by atoms with van der Waals surface area (Å²) in [5, 5.41) is 3.57. The Kier molecular flexibility index (Phi) is 4.99. The van der Waals surface area contributed by atoms with E-state index in [4.69, 9.17) is 20.9 Å². The number of amides is 1. The number of carbonyl (C=O) groups is 1. The highest BCUT2D eigenvalue weighted by Crippen LogP contribution is 2.36. The molecular formula is C18H21BClNO3S. The molecule has 1 aromatic heterocycles. The van der Waals surface area contributed by atoms with Crippen LogP contribution in [-0.4, -0.2) is 24.2 Å². The number of halogens is 1. The van der Waals surface area contributed by atoms with Crippen LogP contribution in [0, 0.1) is 0 Å². The lowest BCUT2D eigenvalue weighted by Crippen LogP contribution is -2.41. The minimum absolute atomic E-state index is 0.118. The van der Waals surface area contributed by atoms with Crippen LogP contribution in [0.5, 0.6) is 0 Å². The van der Waals surface area contributed by atoms with Gasteiger partial charge in [0.25, 0.3) is 5.91 Å². The number of rotatable bonds is 4. The first-order chi connectivity index (χ1) is 11.7. The van der Waals surface area contributed by atoms with E-state index in [1.165, 1.54) is 11.3 Å². The minimum Gasteiger partial charge on any atom is -0.399 e. The molecule has 0 radical (unpaired) electrons. The first-order valence-electron chi connectivity index (χ1n) is 8.16. The highest BCUT2D eigenvalue weighted by atomic mass is 35.5. The van der Waals surface area contributed by atoms with Crippen LogP contribution in [0.2, 0.25) is 5.02 Å². The maximum atomic E-state index is 12.4. The van der Waals surface area contributed by atoms with E-state index in [0.717, 1.165) is 10.3 Å². The van der Waals surface area contributed by atoms with Gasteiger partial charge in [0, 0.05) is 16.3 Å². The molecule has 3 rings (SSSR count).